The molecule has 174 valence electrons. The average molecular weight is 506 g/mol. The number of imidazole rings is 1. The van der Waals surface area contributed by atoms with Crippen LogP contribution < -0.4 is 10.6 Å². The van der Waals surface area contributed by atoms with Crippen LogP contribution in [-0.4, -0.2) is 34.6 Å². The summed E-state index contributed by atoms with van der Waals surface area (Å²) in [5.74, 6) is 0.747. The van der Waals surface area contributed by atoms with Crippen LogP contribution in [0.3, 0.4) is 0 Å². The molecule has 3 rings (SSSR count). The number of carbonyl (C=O) groups excluding carboxylic acids is 1. The molecule has 3 aromatic rings. The van der Waals surface area contributed by atoms with Crippen LogP contribution in [0.15, 0.2) is 61.3 Å². The molecule has 0 bridgehead atoms. The third-order valence-corrected chi connectivity index (χ3v) is 6.28. The van der Waals surface area contributed by atoms with Crippen molar-refractivity contribution in [2.45, 2.75) is 26.3 Å². The molecule has 33 heavy (non-hydrogen) atoms. The number of allylic oxidation sites excluding steroid dienone is 1. The maximum absolute atomic E-state index is 12.8. The minimum atomic E-state index is -0.261. The summed E-state index contributed by atoms with van der Waals surface area (Å²) in [5, 5.41) is 7.95. The van der Waals surface area contributed by atoms with Crippen LogP contribution in [-0.2, 0) is 0 Å². The quantitative estimate of drug-likeness (QED) is 0.247. The van der Waals surface area contributed by atoms with Crippen molar-refractivity contribution in [3.05, 3.63) is 82.1 Å². The fourth-order valence-corrected chi connectivity index (χ4v) is 4.00. The molecular formula is C25H27Cl3N4O. The van der Waals surface area contributed by atoms with Gasteiger partial charge in [0.25, 0.3) is 5.91 Å². The molecule has 0 aliphatic heterocycles. The lowest BCUT2D eigenvalue weighted by molar-refractivity contribution is 0.0949. The highest BCUT2D eigenvalue weighted by molar-refractivity contribution is 6.36. The van der Waals surface area contributed by atoms with Gasteiger partial charge in [-0.2, -0.15) is 0 Å². The van der Waals surface area contributed by atoms with Crippen molar-refractivity contribution in [1.29, 1.82) is 0 Å². The van der Waals surface area contributed by atoms with Gasteiger partial charge in [0.1, 0.15) is 11.5 Å². The first kappa shape index (κ1) is 25.3. The average Bonchev–Trinajstić information content (AvgIpc) is 3.22. The second kappa shape index (κ2) is 11.7. The largest absolute Gasteiger partial charge is 0.349 e. The number of halogens is 3. The van der Waals surface area contributed by atoms with Crippen LogP contribution in [0.2, 0.25) is 15.1 Å². The van der Waals surface area contributed by atoms with E-state index in [1.807, 2.05) is 22.8 Å². The predicted octanol–water partition coefficient (Wildman–Crippen LogP) is 6.42. The summed E-state index contributed by atoms with van der Waals surface area (Å²) in [6, 6.07) is 12.8. The van der Waals surface area contributed by atoms with E-state index in [1.54, 1.807) is 36.5 Å². The molecule has 2 unspecified atom stereocenters. The number of rotatable bonds is 10. The lowest BCUT2D eigenvalue weighted by Gasteiger charge is -2.20. The molecule has 1 aromatic heterocycles. The topological polar surface area (TPSA) is 58.9 Å². The van der Waals surface area contributed by atoms with E-state index in [1.165, 1.54) is 0 Å². The fraction of sp³-hybridized carbons (Fsp3) is 0.280. The number of aromatic nitrogens is 2. The molecule has 0 saturated carbocycles. The van der Waals surface area contributed by atoms with Gasteiger partial charge in [-0.1, -0.05) is 47.8 Å². The normalized spacial score (nSPS) is 12.9. The Balaban J connectivity index is 1.79. The molecule has 5 nitrogen and oxygen atoms in total. The van der Waals surface area contributed by atoms with Crippen molar-refractivity contribution in [3.63, 3.8) is 0 Å². The summed E-state index contributed by atoms with van der Waals surface area (Å²) in [4.78, 5) is 17.4. The van der Waals surface area contributed by atoms with E-state index in [4.69, 9.17) is 34.8 Å². The Hall–Kier alpha value is -2.31. The lowest BCUT2D eigenvalue weighted by atomic mass is 10.00. The van der Waals surface area contributed by atoms with Gasteiger partial charge in [-0.3, -0.25) is 9.36 Å². The van der Waals surface area contributed by atoms with Crippen LogP contribution >= 0.6 is 34.8 Å². The molecule has 0 fully saturated rings. The highest BCUT2D eigenvalue weighted by Crippen LogP contribution is 2.31. The van der Waals surface area contributed by atoms with Gasteiger partial charge in [0, 0.05) is 46.6 Å². The molecule has 0 spiro atoms. The number of benzene rings is 2. The molecule has 1 heterocycles. The Morgan fingerprint density at radius 3 is 2.45 bits per heavy atom. The van der Waals surface area contributed by atoms with Crippen LogP contribution in [0.4, 0.5) is 0 Å². The Kier molecular flexibility index (Phi) is 8.98. The van der Waals surface area contributed by atoms with E-state index < -0.39 is 0 Å². The summed E-state index contributed by atoms with van der Waals surface area (Å²) < 4.78 is 1.82. The van der Waals surface area contributed by atoms with Gasteiger partial charge >= 0.3 is 0 Å². The maximum Gasteiger partial charge on any atom is 0.271 e. The summed E-state index contributed by atoms with van der Waals surface area (Å²) in [6.07, 6.45) is 4.56. The van der Waals surface area contributed by atoms with E-state index in [0.29, 0.717) is 57.2 Å². The SMILES string of the molecule is C=CCC(C)C(C)NCCNC(=O)c1cn(-c2ccc(Cl)cc2)c(-c2ccc(Cl)cc2Cl)n1. The number of nitrogens with zero attached hydrogens (tertiary/aromatic N) is 2. The van der Waals surface area contributed by atoms with Gasteiger partial charge in [0.05, 0.1) is 5.02 Å². The van der Waals surface area contributed by atoms with Gasteiger partial charge in [0.2, 0.25) is 0 Å². The van der Waals surface area contributed by atoms with Gasteiger partial charge in [0.15, 0.2) is 0 Å². The first-order chi connectivity index (χ1) is 15.8. The van der Waals surface area contributed by atoms with Gasteiger partial charge < -0.3 is 10.6 Å². The number of nitrogens with one attached hydrogen (secondary N) is 2. The standard InChI is InChI=1S/C25H27Cl3N4O/c1-4-5-16(2)17(3)29-12-13-30-25(33)23-15-32(20-9-6-18(26)7-10-20)24(31-23)21-11-8-19(27)14-22(21)28/h4,6-11,14-17,29H,1,5,12-13H2,2-3H3,(H,30,33). The molecule has 0 aliphatic rings. The lowest BCUT2D eigenvalue weighted by Crippen LogP contribution is -2.38. The Bertz CT molecular complexity index is 1110. The number of hydrogen-bond acceptors (Lipinski definition) is 3. The van der Waals surface area contributed by atoms with Crippen molar-refractivity contribution < 1.29 is 4.79 Å². The van der Waals surface area contributed by atoms with Crippen molar-refractivity contribution in [3.8, 4) is 17.1 Å². The molecule has 2 aromatic carbocycles. The van der Waals surface area contributed by atoms with Crippen molar-refractivity contribution in [2.75, 3.05) is 13.1 Å². The number of hydrogen-bond donors (Lipinski definition) is 2. The van der Waals surface area contributed by atoms with Crippen molar-refractivity contribution in [1.82, 2.24) is 20.2 Å². The Morgan fingerprint density at radius 1 is 1.09 bits per heavy atom. The zero-order chi connectivity index (χ0) is 24.0. The minimum absolute atomic E-state index is 0.261. The predicted molar refractivity (Wildman–Crippen MR) is 138 cm³/mol. The smallest absolute Gasteiger partial charge is 0.271 e. The van der Waals surface area contributed by atoms with E-state index in [0.717, 1.165) is 12.1 Å². The van der Waals surface area contributed by atoms with Gasteiger partial charge in [-0.05, 0) is 61.7 Å². The van der Waals surface area contributed by atoms with E-state index >= 15 is 0 Å². The monoisotopic (exact) mass is 504 g/mol. The van der Waals surface area contributed by atoms with Crippen molar-refractivity contribution >= 4 is 40.7 Å². The summed E-state index contributed by atoms with van der Waals surface area (Å²) >= 11 is 18.6. The molecular weight excluding hydrogens is 479 g/mol. The fourth-order valence-electron chi connectivity index (χ4n) is 3.38. The van der Waals surface area contributed by atoms with Crippen LogP contribution in [0.5, 0.6) is 0 Å². The van der Waals surface area contributed by atoms with Crippen LogP contribution in [0.25, 0.3) is 17.1 Å². The van der Waals surface area contributed by atoms with Gasteiger partial charge in [-0.25, -0.2) is 4.98 Å². The Morgan fingerprint density at radius 2 is 1.79 bits per heavy atom. The summed E-state index contributed by atoms with van der Waals surface area (Å²) in [5.41, 5.74) is 1.76. The second-order valence-corrected chi connectivity index (χ2v) is 9.20. The van der Waals surface area contributed by atoms with E-state index in [2.05, 4.69) is 36.0 Å². The zero-order valence-electron chi connectivity index (χ0n) is 18.6. The first-order valence-corrected chi connectivity index (χ1v) is 11.9. The molecule has 0 aliphatic carbocycles. The third kappa shape index (κ3) is 6.61. The summed E-state index contributed by atoms with van der Waals surface area (Å²) in [6.45, 7) is 9.23. The highest BCUT2D eigenvalue weighted by Gasteiger charge is 2.19. The highest BCUT2D eigenvalue weighted by atomic mass is 35.5. The van der Waals surface area contributed by atoms with Crippen molar-refractivity contribution in [2.24, 2.45) is 5.92 Å². The molecule has 2 atom stereocenters. The van der Waals surface area contributed by atoms with Gasteiger partial charge in [-0.15, -0.1) is 6.58 Å². The Labute approximate surface area is 209 Å². The van der Waals surface area contributed by atoms with Crippen LogP contribution in [0.1, 0.15) is 30.8 Å². The molecule has 1 amide bonds. The third-order valence-electron chi connectivity index (χ3n) is 5.48. The molecule has 8 heteroatoms. The zero-order valence-corrected chi connectivity index (χ0v) is 20.9. The minimum Gasteiger partial charge on any atom is -0.349 e. The van der Waals surface area contributed by atoms with Crippen LogP contribution in [0, 0.1) is 5.92 Å². The molecule has 2 N–H and O–H groups in total. The first-order valence-electron chi connectivity index (χ1n) is 10.7. The number of carbonyl (C=O) groups is 1. The number of amides is 1. The maximum atomic E-state index is 12.8. The van der Waals surface area contributed by atoms with E-state index in [-0.39, 0.29) is 5.91 Å². The second-order valence-electron chi connectivity index (χ2n) is 7.92. The molecule has 0 saturated heterocycles. The van der Waals surface area contributed by atoms with E-state index in [9.17, 15) is 4.79 Å². The molecule has 0 radical (unpaired) electrons. The summed E-state index contributed by atoms with van der Waals surface area (Å²) in [7, 11) is 0.